The molecule has 1 fully saturated rings. The monoisotopic (exact) mass is 262 g/mol. The fraction of sp³-hybridized carbons (Fsp3) is 0.533. The average Bonchev–Trinajstić information content (AvgIpc) is 2.47. The van der Waals surface area contributed by atoms with Crippen molar-refractivity contribution in [1.29, 1.82) is 0 Å². The zero-order chi connectivity index (χ0) is 13.7. The van der Waals surface area contributed by atoms with Gasteiger partial charge in [0.25, 0.3) is 0 Å². The van der Waals surface area contributed by atoms with E-state index in [4.69, 9.17) is 10.5 Å². The van der Waals surface area contributed by atoms with E-state index in [1.54, 1.807) is 0 Å². The first kappa shape index (κ1) is 14.0. The number of hydrogen-bond acceptors (Lipinski definition) is 3. The van der Waals surface area contributed by atoms with Gasteiger partial charge in [-0.1, -0.05) is 30.3 Å². The van der Waals surface area contributed by atoms with Crippen LogP contribution in [-0.2, 0) is 9.53 Å². The number of carbonyl (C=O) groups is 1. The Labute approximate surface area is 114 Å². The highest BCUT2D eigenvalue weighted by Gasteiger charge is 2.27. The molecule has 0 saturated carbocycles. The summed E-state index contributed by atoms with van der Waals surface area (Å²) in [7, 11) is 0. The Morgan fingerprint density at radius 2 is 2.21 bits per heavy atom. The number of likely N-dealkylation sites (tertiary alicyclic amines) is 1. The molecule has 0 spiro atoms. The van der Waals surface area contributed by atoms with Gasteiger partial charge in [0.15, 0.2) is 0 Å². The Morgan fingerprint density at radius 3 is 2.89 bits per heavy atom. The number of piperidine rings is 1. The number of carbonyl (C=O) groups excluding carboxylic acids is 1. The minimum absolute atomic E-state index is 0.00407. The molecule has 0 aliphatic carbocycles. The lowest BCUT2D eigenvalue weighted by Gasteiger charge is -2.34. The summed E-state index contributed by atoms with van der Waals surface area (Å²) in [6, 6.07) is 8.95. The van der Waals surface area contributed by atoms with E-state index in [-0.39, 0.29) is 12.0 Å². The molecule has 19 heavy (non-hydrogen) atoms. The standard InChI is InChI=1S/C15H22N2O2/c1-2-19-13-9-6-10-17(11-13)15(18)14(16)12-7-4-3-5-8-12/h3-5,7-8,13-14H,2,6,9-11,16H2,1H3/t13-,14-/m1/s1. The highest BCUT2D eigenvalue weighted by molar-refractivity contribution is 5.83. The number of ether oxygens (including phenoxy) is 1. The first-order chi connectivity index (χ1) is 9.22. The van der Waals surface area contributed by atoms with Gasteiger partial charge in [0.1, 0.15) is 6.04 Å². The third-order valence-electron chi connectivity index (χ3n) is 3.52. The lowest BCUT2D eigenvalue weighted by atomic mass is 10.0. The predicted octanol–water partition coefficient (Wildman–Crippen LogP) is 1.71. The van der Waals surface area contributed by atoms with E-state index in [9.17, 15) is 4.79 Å². The Balaban J connectivity index is 1.99. The third-order valence-corrected chi connectivity index (χ3v) is 3.52. The molecule has 0 unspecified atom stereocenters. The van der Waals surface area contributed by atoms with Gasteiger partial charge in [-0.2, -0.15) is 0 Å². The zero-order valence-corrected chi connectivity index (χ0v) is 11.4. The van der Waals surface area contributed by atoms with Crippen LogP contribution in [0.5, 0.6) is 0 Å². The summed E-state index contributed by atoms with van der Waals surface area (Å²) in [5.74, 6) is -0.00407. The summed E-state index contributed by atoms with van der Waals surface area (Å²) in [6.45, 7) is 4.12. The second-order valence-corrected chi connectivity index (χ2v) is 4.89. The first-order valence-electron chi connectivity index (χ1n) is 6.93. The van der Waals surface area contributed by atoms with Crippen molar-refractivity contribution in [3.05, 3.63) is 35.9 Å². The fourth-order valence-corrected chi connectivity index (χ4v) is 2.51. The maximum absolute atomic E-state index is 12.4. The Hall–Kier alpha value is -1.39. The normalized spacial score (nSPS) is 21.2. The topological polar surface area (TPSA) is 55.6 Å². The molecule has 1 heterocycles. The summed E-state index contributed by atoms with van der Waals surface area (Å²) in [4.78, 5) is 14.2. The number of rotatable bonds is 4. The Kier molecular flexibility index (Phi) is 4.93. The second-order valence-electron chi connectivity index (χ2n) is 4.89. The summed E-state index contributed by atoms with van der Waals surface area (Å²) in [6.07, 6.45) is 2.17. The van der Waals surface area contributed by atoms with Crippen LogP contribution in [0.2, 0.25) is 0 Å². The van der Waals surface area contributed by atoms with Crippen molar-refractivity contribution in [3.63, 3.8) is 0 Å². The molecule has 1 aromatic rings. The van der Waals surface area contributed by atoms with Gasteiger partial charge in [-0.05, 0) is 25.3 Å². The highest BCUT2D eigenvalue weighted by Crippen LogP contribution is 2.18. The molecule has 0 aromatic heterocycles. The van der Waals surface area contributed by atoms with E-state index in [2.05, 4.69) is 0 Å². The van der Waals surface area contributed by atoms with Crippen molar-refractivity contribution in [1.82, 2.24) is 4.90 Å². The molecule has 4 nitrogen and oxygen atoms in total. The third kappa shape index (κ3) is 3.55. The van der Waals surface area contributed by atoms with E-state index in [0.29, 0.717) is 13.2 Å². The summed E-state index contributed by atoms with van der Waals surface area (Å²) in [5.41, 5.74) is 6.92. The van der Waals surface area contributed by atoms with Gasteiger partial charge in [0.05, 0.1) is 6.10 Å². The van der Waals surface area contributed by atoms with Crippen LogP contribution in [0.15, 0.2) is 30.3 Å². The minimum Gasteiger partial charge on any atom is -0.377 e. The molecule has 1 aliphatic rings. The Morgan fingerprint density at radius 1 is 1.47 bits per heavy atom. The van der Waals surface area contributed by atoms with Crippen LogP contribution in [0, 0.1) is 0 Å². The van der Waals surface area contributed by atoms with Crippen molar-refractivity contribution >= 4 is 5.91 Å². The van der Waals surface area contributed by atoms with Crippen LogP contribution < -0.4 is 5.73 Å². The maximum atomic E-state index is 12.4. The van der Waals surface area contributed by atoms with Crippen molar-refractivity contribution in [2.45, 2.75) is 31.9 Å². The maximum Gasteiger partial charge on any atom is 0.244 e. The van der Waals surface area contributed by atoms with E-state index in [0.717, 1.165) is 24.9 Å². The van der Waals surface area contributed by atoms with Gasteiger partial charge in [0.2, 0.25) is 5.91 Å². The van der Waals surface area contributed by atoms with Crippen LogP contribution in [0.4, 0.5) is 0 Å². The van der Waals surface area contributed by atoms with Crippen LogP contribution in [0.25, 0.3) is 0 Å². The molecule has 104 valence electrons. The number of benzene rings is 1. The second kappa shape index (κ2) is 6.68. The smallest absolute Gasteiger partial charge is 0.244 e. The van der Waals surface area contributed by atoms with Gasteiger partial charge in [-0.3, -0.25) is 4.79 Å². The van der Waals surface area contributed by atoms with Gasteiger partial charge < -0.3 is 15.4 Å². The number of nitrogens with zero attached hydrogens (tertiary/aromatic N) is 1. The molecule has 0 bridgehead atoms. The van der Waals surface area contributed by atoms with Crippen LogP contribution in [-0.4, -0.2) is 36.6 Å². The molecule has 2 rings (SSSR count). The van der Waals surface area contributed by atoms with Crippen LogP contribution in [0.3, 0.4) is 0 Å². The number of amides is 1. The average molecular weight is 262 g/mol. The van der Waals surface area contributed by atoms with E-state index in [1.807, 2.05) is 42.2 Å². The number of hydrogen-bond donors (Lipinski definition) is 1. The van der Waals surface area contributed by atoms with Crippen molar-refractivity contribution in [3.8, 4) is 0 Å². The van der Waals surface area contributed by atoms with Gasteiger partial charge in [0, 0.05) is 19.7 Å². The van der Waals surface area contributed by atoms with Crippen molar-refractivity contribution < 1.29 is 9.53 Å². The van der Waals surface area contributed by atoms with E-state index in [1.165, 1.54) is 0 Å². The quantitative estimate of drug-likeness (QED) is 0.898. The lowest BCUT2D eigenvalue weighted by molar-refractivity contribution is -0.136. The van der Waals surface area contributed by atoms with E-state index >= 15 is 0 Å². The molecular formula is C15H22N2O2. The molecule has 2 N–H and O–H groups in total. The molecule has 1 aliphatic heterocycles. The minimum atomic E-state index is -0.568. The summed E-state index contributed by atoms with van der Waals surface area (Å²) < 4.78 is 5.61. The van der Waals surface area contributed by atoms with Gasteiger partial charge >= 0.3 is 0 Å². The predicted molar refractivity (Wildman–Crippen MR) is 74.6 cm³/mol. The Bertz CT molecular complexity index is 406. The molecular weight excluding hydrogens is 240 g/mol. The first-order valence-corrected chi connectivity index (χ1v) is 6.93. The summed E-state index contributed by atoms with van der Waals surface area (Å²) in [5, 5.41) is 0. The van der Waals surface area contributed by atoms with Gasteiger partial charge in [-0.15, -0.1) is 0 Å². The molecule has 2 atom stereocenters. The van der Waals surface area contributed by atoms with Gasteiger partial charge in [-0.25, -0.2) is 0 Å². The zero-order valence-electron chi connectivity index (χ0n) is 11.4. The van der Waals surface area contributed by atoms with Crippen LogP contribution in [0.1, 0.15) is 31.4 Å². The SMILES string of the molecule is CCO[C@@H]1CCCN(C(=O)[C@H](N)c2ccccc2)C1. The van der Waals surface area contributed by atoms with Crippen LogP contribution >= 0.6 is 0 Å². The van der Waals surface area contributed by atoms with Crippen molar-refractivity contribution in [2.75, 3.05) is 19.7 Å². The molecule has 0 radical (unpaired) electrons. The lowest BCUT2D eigenvalue weighted by Crippen LogP contribution is -2.46. The molecule has 1 saturated heterocycles. The van der Waals surface area contributed by atoms with E-state index < -0.39 is 6.04 Å². The fourth-order valence-electron chi connectivity index (χ4n) is 2.51. The number of nitrogens with two attached hydrogens (primary N) is 1. The highest BCUT2D eigenvalue weighted by atomic mass is 16.5. The molecule has 1 aromatic carbocycles. The summed E-state index contributed by atoms with van der Waals surface area (Å²) >= 11 is 0. The molecule has 1 amide bonds. The largest absolute Gasteiger partial charge is 0.377 e. The molecule has 4 heteroatoms. The van der Waals surface area contributed by atoms with Crippen molar-refractivity contribution in [2.24, 2.45) is 5.73 Å².